The van der Waals surface area contributed by atoms with Crippen LogP contribution >= 0.6 is 12.2 Å². The summed E-state index contributed by atoms with van der Waals surface area (Å²) in [5, 5.41) is 5.43. The fourth-order valence-electron chi connectivity index (χ4n) is 1.88. The second-order valence-corrected chi connectivity index (χ2v) is 4.98. The zero-order chi connectivity index (χ0) is 18.8. The Balaban J connectivity index is 2.98. The molecule has 1 aromatic rings. The van der Waals surface area contributed by atoms with Gasteiger partial charge in [-0.2, -0.15) is 0 Å². The number of rotatable bonds is 6. The number of methoxy groups -OCH3 is 2. The molecule has 10 heteroatoms. The molecule has 136 valence electrons. The molecule has 9 nitrogen and oxygen atoms in total. The van der Waals surface area contributed by atoms with Crippen LogP contribution in [0.2, 0.25) is 0 Å². The lowest BCUT2D eigenvalue weighted by molar-refractivity contribution is -0.143. The number of anilines is 1. The van der Waals surface area contributed by atoms with E-state index in [0.717, 1.165) is 7.11 Å². The molecule has 25 heavy (non-hydrogen) atoms. The molecule has 0 bridgehead atoms. The highest BCUT2D eigenvalue weighted by atomic mass is 32.1. The lowest BCUT2D eigenvalue weighted by Gasteiger charge is -2.29. The number of carbonyl (C=O) groups excluding carboxylic acids is 3. The molecule has 2 amide bonds. The van der Waals surface area contributed by atoms with E-state index in [4.69, 9.17) is 17.1 Å². The number of nitrogens with one attached hydrogen (secondary N) is 2. The molecule has 0 saturated carbocycles. The molecule has 2 N–H and O–H groups in total. The first-order chi connectivity index (χ1) is 11.9. The maximum Gasteiger partial charge on any atom is 0.413 e. The SMILES string of the molecule is COC(=O)CC(C(=O)NC(=S)NC(=O)OC)N(OC)c1ccccc1. The van der Waals surface area contributed by atoms with Crippen LogP contribution in [0.15, 0.2) is 30.3 Å². The first-order valence-electron chi connectivity index (χ1n) is 7.08. The molecule has 0 heterocycles. The lowest BCUT2D eigenvalue weighted by atomic mass is 10.1. The fourth-order valence-corrected chi connectivity index (χ4v) is 2.06. The number of hydrogen-bond acceptors (Lipinski definition) is 8. The van der Waals surface area contributed by atoms with Crippen LogP contribution in [0.4, 0.5) is 10.5 Å². The number of thiocarbonyl (C=S) groups is 1. The normalized spacial score (nSPS) is 11.0. The highest BCUT2D eigenvalue weighted by molar-refractivity contribution is 7.80. The zero-order valence-electron chi connectivity index (χ0n) is 14.0. The van der Waals surface area contributed by atoms with Gasteiger partial charge < -0.3 is 14.8 Å². The van der Waals surface area contributed by atoms with Crippen LogP contribution in [0.1, 0.15) is 6.42 Å². The monoisotopic (exact) mass is 369 g/mol. The number of benzene rings is 1. The Bertz CT molecular complexity index is 625. The first-order valence-corrected chi connectivity index (χ1v) is 7.48. The minimum Gasteiger partial charge on any atom is -0.469 e. The highest BCUT2D eigenvalue weighted by Crippen LogP contribution is 2.19. The molecule has 0 aliphatic rings. The van der Waals surface area contributed by atoms with E-state index in [9.17, 15) is 14.4 Å². The molecule has 1 atom stereocenters. The second kappa shape index (κ2) is 10.2. The van der Waals surface area contributed by atoms with Gasteiger partial charge in [0.15, 0.2) is 5.11 Å². The molecular formula is C15H19N3O6S. The van der Waals surface area contributed by atoms with Crippen LogP contribution in [0.3, 0.4) is 0 Å². The summed E-state index contributed by atoms with van der Waals surface area (Å²) in [5.74, 6) is -1.29. The molecule has 0 spiro atoms. The van der Waals surface area contributed by atoms with E-state index in [1.54, 1.807) is 30.3 Å². The van der Waals surface area contributed by atoms with E-state index < -0.39 is 24.0 Å². The number of hydrogen-bond donors (Lipinski definition) is 2. The molecule has 0 fully saturated rings. The lowest BCUT2D eigenvalue weighted by Crippen LogP contribution is -2.52. The maximum atomic E-state index is 12.5. The maximum absolute atomic E-state index is 12.5. The Morgan fingerprint density at radius 3 is 2.24 bits per heavy atom. The van der Waals surface area contributed by atoms with Crippen molar-refractivity contribution in [3.63, 3.8) is 0 Å². The average Bonchev–Trinajstić information content (AvgIpc) is 2.61. The molecular weight excluding hydrogens is 350 g/mol. The van der Waals surface area contributed by atoms with Gasteiger partial charge in [0, 0.05) is 0 Å². The zero-order valence-corrected chi connectivity index (χ0v) is 14.8. The van der Waals surface area contributed by atoms with Gasteiger partial charge >= 0.3 is 12.1 Å². The Morgan fingerprint density at radius 1 is 1.08 bits per heavy atom. The summed E-state index contributed by atoms with van der Waals surface area (Å²) in [6.45, 7) is 0. The van der Waals surface area contributed by atoms with Gasteiger partial charge in [-0.15, -0.1) is 0 Å². The van der Waals surface area contributed by atoms with Gasteiger partial charge in [0.2, 0.25) is 0 Å². The van der Waals surface area contributed by atoms with Gasteiger partial charge in [0.25, 0.3) is 5.91 Å². The van der Waals surface area contributed by atoms with Gasteiger partial charge in [-0.3, -0.25) is 19.7 Å². The molecule has 0 aromatic heterocycles. The largest absolute Gasteiger partial charge is 0.469 e. The van der Waals surface area contributed by atoms with E-state index >= 15 is 0 Å². The number of ether oxygens (including phenoxy) is 2. The van der Waals surface area contributed by atoms with E-state index in [-0.39, 0.29) is 11.5 Å². The smallest absolute Gasteiger partial charge is 0.413 e. The van der Waals surface area contributed by atoms with Crippen LogP contribution in [0.25, 0.3) is 0 Å². The number of nitrogens with zero attached hydrogens (tertiary/aromatic N) is 1. The average molecular weight is 369 g/mol. The Kier molecular flexibility index (Phi) is 8.30. The Hall–Kier alpha value is -2.72. The topological polar surface area (TPSA) is 106 Å². The molecule has 0 saturated heterocycles. The van der Waals surface area contributed by atoms with Gasteiger partial charge in [-0.25, -0.2) is 9.86 Å². The Morgan fingerprint density at radius 2 is 1.72 bits per heavy atom. The number of alkyl carbamates (subject to hydrolysis) is 1. The van der Waals surface area contributed by atoms with Crippen molar-refractivity contribution in [1.29, 1.82) is 0 Å². The van der Waals surface area contributed by atoms with Gasteiger partial charge in [-0.1, -0.05) is 18.2 Å². The van der Waals surface area contributed by atoms with E-state index in [0.29, 0.717) is 5.69 Å². The number of esters is 1. The molecule has 1 unspecified atom stereocenters. The van der Waals surface area contributed by atoms with Crippen LogP contribution < -0.4 is 15.7 Å². The van der Waals surface area contributed by atoms with Crippen LogP contribution in [-0.4, -0.2) is 50.5 Å². The van der Waals surface area contributed by atoms with Crippen molar-refractivity contribution >= 4 is 41.0 Å². The van der Waals surface area contributed by atoms with Crippen molar-refractivity contribution in [1.82, 2.24) is 10.6 Å². The summed E-state index contributed by atoms with van der Waals surface area (Å²) in [6.07, 6.45) is -1.13. The minimum absolute atomic E-state index is 0.268. The molecule has 1 rings (SSSR count). The third-order valence-corrected chi connectivity index (χ3v) is 3.22. The summed E-state index contributed by atoms with van der Waals surface area (Å²) >= 11 is 4.85. The predicted octanol–water partition coefficient (Wildman–Crippen LogP) is 0.743. The van der Waals surface area contributed by atoms with Crippen molar-refractivity contribution < 1.29 is 28.7 Å². The van der Waals surface area contributed by atoms with Gasteiger partial charge in [0.05, 0.1) is 33.4 Å². The van der Waals surface area contributed by atoms with Gasteiger partial charge in [0.1, 0.15) is 6.04 Å². The van der Waals surface area contributed by atoms with Crippen molar-refractivity contribution in [3.8, 4) is 0 Å². The van der Waals surface area contributed by atoms with E-state index in [2.05, 4.69) is 20.1 Å². The van der Waals surface area contributed by atoms with Crippen molar-refractivity contribution in [3.05, 3.63) is 30.3 Å². The third kappa shape index (κ3) is 6.36. The van der Waals surface area contributed by atoms with Gasteiger partial charge in [-0.05, 0) is 24.4 Å². The number of carbonyl (C=O) groups is 3. The van der Waals surface area contributed by atoms with Crippen molar-refractivity contribution in [2.24, 2.45) is 0 Å². The summed E-state index contributed by atoms with van der Waals surface area (Å²) in [5.41, 5.74) is 0.542. The van der Waals surface area contributed by atoms with E-state index in [1.807, 2.05) is 0 Å². The second-order valence-electron chi connectivity index (χ2n) is 4.57. The molecule has 1 aromatic carbocycles. The molecule has 0 aliphatic heterocycles. The van der Waals surface area contributed by atoms with E-state index in [1.165, 1.54) is 19.3 Å². The van der Waals surface area contributed by atoms with Crippen LogP contribution in [0.5, 0.6) is 0 Å². The first kappa shape index (κ1) is 20.3. The summed E-state index contributed by atoms with van der Waals surface area (Å²) in [7, 11) is 3.72. The fraction of sp³-hybridized carbons (Fsp3) is 0.333. The van der Waals surface area contributed by atoms with Crippen LogP contribution in [-0.2, 0) is 23.9 Å². The third-order valence-electron chi connectivity index (χ3n) is 3.02. The number of amides is 2. The summed E-state index contributed by atoms with van der Waals surface area (Å²) < 4.78 is 9.01. The number of para-hydroxylation sites is 1. The highest BCUT2D eigenvalue weighted by Gasteiger charge is 2.30. The molecule has 0 aliphatic carbocycles. The summed E-state index contributed by atoms with van der Waals surface area (Å²) in [4.78, 5) is 40.6. The van der Waals surface area contributed by atoms with Crippen molar-refractivity contribution in [2.75, 3.05) is 26.4 Å². The van der Waals surface area contributed by atoms with Crippen LogP contribution in [0, 0.1) is 0 Å². The predicted molar refractivity (Wildman–Crippen MR) is 92.6 cm³/mol. The number of hydroxylamine groups is 1. The minimum atomic E-state index is -1.09. The van der Waals surface area contributed by atoms with Crippen molar-refractivity contribution in [2.45, 2.75) is 12.5 Å². The quantitative estimate of drug-likeness (QED) is 0.430. The molecule has 0 radical (unpaired) electrons. The summed E-state index contributed by atoms with van der Waals surface area (Å²) in [6, 6.07) is 7.60. The standard InChI is InChI=1S/C15H19N3O6S/c1-22-12(19)9-11(13(20)16-14(25)17-15(21)23-2)18(24-3)10-7-5-4-6-8-10/h4-8,11H,9H2,1-3H3,(H2,16,17,20,21,25). The Labute approximate surface area is 150 Å².